The maximum atomic E-state index is 4.24. The molecule has 18 heavy (non-hydrogen) atoms. The molecule has 1 aliphatic rings. The fourth-order valence-electron chi connectivity index (χ4n) is 2.76. The maximum absolute atomic E-state index is 4.24. The SMILES string of the molecule is C=C1CC(C)(C)c2ccccc2N1C(C)C.CC. The van der Waals surface area contributed by atoms with Crippen molar-refractivity contribution in [3.8, 4) is 0 Å². The number of hydrogen-bond donors (Lipinski definition) is 0. The summed E-state index contributed by atoms with van der Waals surface area (Å²) >= 11 is 0. The Morgan fingerprint density at radius 3 is 2.28 bits per heavy atom. The largest absolute Gasteiger partial charge is 0.343 e. The quantitative estimate of drug-likeness (QED) is 0.663. The Bertz CT molecular complexity index is 415. The summed E-state index contributed by atoms with van der Waals surface area (Å²) < 4.78 is 0. The van der Waals surface area contributed by atoms with Gasteiger partial charge in [-0.1, -0.05) is 52.5 Å². The van der Waals surface area contributed by atoms with Crippen molar-refractivity contribution >= 4 is 5.69 Å². The first kappa shape index (κ1) is 14.8. The Labute approximate surface area is 113 Å². The number of rotatable bonds is 1. The van der Waals surface area contributed by atoms with Crippen LogP contribution in [0.4, 0.5) is 5.69 Å². The molecule has 0 bridgehead atoms. The first-order valence-corrected chi connectivity index (χ1v) is 7.00. The van der Waals surface area contributed by atoms with Crippen LogP contribution in [0.25, 0.3) is 0 Å². The van der Waals surface area contributed by atoms with E-state index in [4.69, 9.17) is 0 Å². The lowest BCUT2D eigenvalue weighted by molar-refractivity contribution is 0.484. The van der Waals surface area contributed by atoms with Crippen LogP contribution < -0.4 is 4.90 Å². The van der Waals surface area contributed by atoms with Crippen LogP contribution in [0.5, 0.6) is 0 Å². The summed E-state index contributed by atoms with van der Waals surface area (Å²) in [5.74, 6) is 0. The summed E-state index contributed by atoms with van der Waals surface area (Å²) in [6.45, 7) is 17.3. The van der Waals surface area contributed by atoms with Crippen molar-refractivity contribution < 1.29 is 0 Å². The molecule has 0 saturated carbocycles. The minimum Gasteiger partial charge on any atom is -0.343 e. The zero-order valence-electron chi connectivity index (χ0n) is 12.7. The molecule has 0 radical (unpaired) electrons. The van der Waals surface area contributed by atoms with Gasteiger partial charge in [0.15, 0.2) is 0 Å². The van der Waals surface area contributed by atoms with Gasteiger partial charge in [0.25, 0.3) is 0 Å². The van der Waals surface area contributed by atoms with Gasteiger partial charge in [-0.05, 0) is 37.3 Å². The number of nitrogens with zero attached hydrogens (tertiary/aromatic N) is 1. The Kier molecular flexibility index (Phi) is 4.61. The van der Waals surface area contributed by atoms with Gasteiger partial charge >= 0.3 is 0 Å². The number of benzene rings is 1. The van der Waals surface area contributed by atoms with Crippen LogP contribution in [0.3, 0.4) is 0 Å². The molecule has 1 aliphatic heterocycles. The highest BCUT2D eigenvalue weighted by molar-refractivity contribution is 5.64. The number of allylic oxidation sites excluding steroid dienone is 1. The van der Waals surface area contributed by atoms with E-state index in [0.29, 0.717) is 6.04 Å². The minimum atomic E-state index is 0.207. The number of fused-ring (bicyclic) bond motifs is 1. The second-order valence-corrected chi connectivity index (χ2v) is 5.61. The molecule has 0 amide bonds. The number of anilines is 1. The Balaban J connectivity index is 0.000000771. The predicted octanol–water partition coefficient (Wildman–Crippen LogP) is 5.12. The molecule has 0 aliphatic carbocycles. The van der Waals surface area contributed by atoms with Crippen molar-refractivity contribution in [1.29, 1.82) is 0 Å². The van der Waals surface area contributed by atoms with E-state index in [2.05, 4.69) is 63.4 Å². The lowest BCUT2D eigenvalue weighted by Gasteiger charge is -2.43. The van der Waals surface area contributed by atoms with E-state index in [9.17, 15) is 0 Å². The van der Waals surface area contributed by atoms with Gasteiger partial charge in [-0.25, -0.2) is 0 Å². The molecule has 1 aromatic carbocycles. The molecule has 2 rings (SSSR count). The second-order valence-electron chi connectivity index (χ2n) is 5.61. The minimum absolute atomic E-state index is 0.207. The predicted molar refractivity (Wildman–Crippen MR) is 82.2 cm³/mol. The van der Waals surface area contributed by atoms with E-state index in [1.54, 1.807) is 0 Å². The molecule has 100 valence electrons. The summed E-state index contributed by atoms with van der Waals surface area (Å²) in [4.78, 5) is 2.36. The lowest BCUT2D eigenvalue weighted by Crippen LogP contribution is -2.39. The van der Waals surface area contributed by atoms with Crippen LogP contribution in [-0.4, -0.2) is 6.04 Å². The normalized spacial score (nSPS) is 17.1. The molecule has 1 nitrogen and oxygen atoms in total. The zero-order valence-corrected chi connectivity index (χ0v) is 12.7. The zero-order chi connectivity index (χ0) is 13.9. The van der Waals surface area contributed by atoms with Crippen molar-refractivity contribution in [3.05, 3.63) is 42.1 Å². The van der Waals surface area contributed by atoms with Crippen LogP contribution >= 0.6 is 0 Å². The summed E-state index contributed by atoms with van der Waals surface area (Å²) in [5.41, 5.74) is 4.22. The second kappa shape index (κ2) is 5.60. The van der Waals surface area contributed by atoms with Crippen LogP contribution in [0, 0.1) is 0 Å². The first-order valence-electron chi connectivity index (χ1n) is 7.00. The molecule has 1 aromatic rings. The molecule has 1 heteroatoms. The Hall–Kier alpha value is -1.24. The van der Waals surface area contributed by atoms with Gasteiger partial charge in [-0.2, -0.15) is 0 Å². The van der Waals surface area contributed by atoms with E-state index >= 15 is 0 Å². The maximum Gasteiger partial charge on any atom is 0.0448 e. The molecule has 1 heterocycles. The Morgan fingerprint density at radius 2 is 1.72 bits per heavy atom. The average molecular weight is 245 g/mol. The van der Waals surface area contributed by atoms with Crippen LogP contribution in [0.2, 0.25) is 0 Å². The van der Waals surface area contributed by atoms with Gasteiger partial charge in [0.05, 0.1) is 0 Å². The van der Waals surface area contributed by atoms with E-state index in [-0.39, 0.29) is 5.41 Å². The highest BCUT2D eigenvalue weighted by Crippen LogP contribution is 2.44. The Morgan fingerprint density at radius 1 is 1.17 bits per heavy atom. The van der Waals surface area contributed by atoms with E-state index < -0.39 is 0 Å². The molecular weight excluding hydrogens is 218 g/mol. The standard InChI is InChI=1S/C15H21N.C2H6/c1-11(2)16-12(3)10-15(4,5)13-8-6-7-9-14(13)16;1-2/h6-9,11H,3,10H2,1-2,4-5H3;1-2H3. The summed E-state index contributed by atoms with van der Waals surface area (Å²) in [5, 5.41) is 0. The van der Waals surface area contributed by atoms with Crippen molar-refractivity contribution in [3.63, 3.8) is 0 Å². The average Bonchev–Trinajstić information content (AvgIpc) is 2.30. The number of para-hydroxylation sites is 1. The van der Waals surface area contributed by atoms with Gasteiger partial charge in [-0.3, -0.25) is 0 Å². The smallest absolute Gasteiger partial charge is 0.0448 e. The molecule has 0 N–H and O–H groups in total. The summed E-state index contributed by atoms with van der Waals surface area (Å²) in [6.07, 6.45) is 1.04. The van der Waals surface area contributed by atoms with Gasteiger partial charge in [0.2, 0.25) is 0 Å². The van der Waals surface area contributed by atoms with Crippen molar-refractivity contribution in [1.82, 2.24) is 0 Å². The van der Waals surface area contributed by atoms with Gasteiger partial charge in [0.1, 0.15) is 0 Å². The molecule has 0 spiro atoms. The molecule has 0 atom stereocenters. The highest BCUT2D eigenvalue weighted by Gasteiger charge is 2.33. The monoisotopic (exact) mass is 245 g/mol. The third-order valence-corrected chi connectivity index (χ3v) is 3.40. The van der Waals surface area contributed by atoms with Crippen LogP contribution in [0.15, 0.2) is 36.5 Å². The molecule has 0 fully saturated rings. The van der Waals surface area contributed by atoms with Crippen molar-refractivity contribution in [2.24, 2.45) is 0 Å². The summed E-state index contributed by atoms with van der Waals surface area (Å²) in [6, 6.07) is 9.18. The molecule has 0 unspecified atom stereocenters. The fraction of sp³-hybridized carbons (Fsp3) is 0.529. The first-order chi connectivity index (χ1) is 8.43. The third kappa shape index (κ3) is 2.60. The third-order valence-electron chi connectivity index (χ3n) is 3.40. The lowest BCUT2D eigenvalue weighted by atomic mass is 9.76. The number of hydrogen-bond acceptors (Lipinski definition) is 1. The fourth-order valence-corrected chi connectivity index (χ4v) is 2.76. The van der Waals surface area contributed by atoms with Gasteiger partial charge in [0, 0.05) is 17.4 Å². The van der Waals surface area contributed by atoms with E-state index in [1.165, 1.54) is 16.9 Å². The van der Waals surface area contributed by atoms with Crippen LogP contribution in [-0.2, 0) is 5.41 Å². The molecular formula is C17H27N. The molecule has 0 saturated heterocycles. The van der Waals surface area contributed by atoms with Gasteiger partial charge in [-0.15, -0.1) is 0 Å². The van der Waals surface area contributed by atoms with Crippen molar-refractivity contribution in [2.45, 2.75) is 59.4 Å². The highest BCUT2D eigenvalue weighted by atomic mass is 15.2. The topological polar surface area (TPSA) is 3.24 Å². The van der Waals surface area contributed by atoms with E-state index in [0.717, 1.165) is 6.42 Å². The summed E-state index contributed by atoms with van der Waals surface area (Å²) in [7, 11) is 0. The molecule has 0 aromatic heterocycles. The van der Waals surface area contributed by atoms with Crippen molar-refractivity contribution in [2.75, 3.05) is 4.90 Å². The van der Waals surface area contributed by atoms with Gasteiger partial charge < -0.3 is 4.90 Å². The van der Waals surface area contributed by atoms with E-state index in [1.807, 2.05) is 13.8 Å². The van der Waals surface area contributed by atoms with Crippen LogP contribution in [0.1, 0.15) is 53.5 Å².